The Morgan fingerprint density at radius 1 is 0.643 bits per heavy atom. The molecule has 0 aliphatic heterocycles. The Labute approximate surface area is 163 Å². The number of fused-ring (bicyclic) bond motifs is 4. The highest BCUT2D eigenvalue weighted by Crippen LogP contribution is 2.55. The smallest absolute Gasteiger partial charge is 0.137 e. The summed E-state index contributed by atoms with van der Waals surface area (Å²) in [4.78, 5) is 8.49. The second-order valence-electron chi connectivity index (χ2n) is 7.33. The maximum absolute atomic E-state index is 5.18. The lowest BCUT2D eigenvalue weighted by atomic mass is 9.69. The number of H-pyrrole nitrogens is 1. The van der Waals surface area contributed by atoms with Crippen molar-refractivity contribution in [2.45, 2.75) is 5.41 Å². The lowest BCUT2D eigenvalue weighted by Crippen LogP contribution is -2.29. The van der Waals surface area contributed by atoms with Crippen molar-refractivity contribution >= 4 is 11.0 Å². The van der Waals surface area contributed by atoms with E-state index in [1.54, 1.807) is 0 Å². The fourth-order valence-electron chi connectivity index (χ4n) is 4.77. The van der Waals surface area contributed by atoms with E-state index in [9.17, 15) is 0 Å². The third-order valence-corrected chi connectivity index (χ3v) is 5.92. The standard InChI is InChI=1S/C26H18N2/c1-3-9-19(10-4-1)26(20-11-5-2-6-12-20)23-14-8-7-13-21(23)22-17-18-15-16-27-25(18)28-24(22)26/h1-17H,(H,27,28). The molecule has 2 aromatic heterocycles. The van der Waals surface area contributed by atoms with Crippen molar-refractivity contribution in [1.29, 1.82) is 0 Å². The minimum Gasteiger partial charge on any atom is -0.346 e. The van der Waals surface area contributed by atoms with Crippen molar-refractivity contribution in [3.63, 3.8) is 0 Å². The van der Waals surface area contributed by atoms with Crippen LogP contribution in [0.15, 0.2) is 103 Å². The number of rotatable bonds is 2. The van der Waals surface area contributed by atoms with E-state index in [4.69, 9.17) is 4.98 Å². The Balaban J connectivity index is 1.84. The van der Waals surface area contributed by atoms with Gasteiger partial charge in [-0.15, -0.1) is 0 Å². The summed E-state index contributed by atoms with van der Waals surface area (Å²) >= 11 is 0. The molecule has 0 spiro atoms. The van der Waals surface area contributed by atoms with Gasteiger partial charge >= 0.3 is 0 Å². The van der Waals surface area contributed by atoms with E-state index in [0.717, 1.165) is 16.7 Å². The van der Waals surface area contributed by atoms with E-state index in [1.165, 1.54) is 27.8 Å². The molecule has 0 saturated carbocycles. The Bertz CT molecular complexity index is 1260. The normalized spacial score (nSPS) is 14.0. The molecule has 0 radical (unpaired) electrons. The summed E-state index contributed by atoms with van der Waals surface area (Å²) in [5, 5.41) is 1.14. The first kappa shape index (κ1) is 15.4. The number of aromatic nitrogens is 2. The predicted octanol–water partition coefficient (Wildman–Crippen LogP) is 5.93. The Morgan fingerprint density at radius 2 is 1.29 bits per heavy atom. The second kappa shape index (κ2) is 5.67. The van der Waals surface area contributed by atoms with E-state index in [2.05, 4.69) is 102 Å². The molecule has 6 rings (SSSR count). The molecule has 28 heavy (non-hydrogen) atoms. The Kier molecular flexibility index (Phi) is 3.12. The number of aromatic amines is 1. The van der Waals surface area contributed by atoms with Gasteiger partial charge in [-0.1, -0.05) is 84.9 Å². The van der Waals surface area contributed by atoms with Gasteiger partial charge in [0.1, 0.15) is 5.65 Å². The molecule has 0 atom stereocenters. The van der Waals surface area contributed by atoms with Gasteiger partial charge in [-0.25, -0.2) is 4.98 Å². The van der Waals surface area contributed by atoms with Crippen LogP contribution >= 0.6 is 0 Å². The number of hydrogen-bond donors (Lipinski definition) is 1. The molecule has 132 valence electrons. The van der Waals surface area contributed by atoms with Crippen molar-refractivity contribution in [2.24, 2.45) is 0 Å². The number of benzene rings is 3. The van der Waals surface area contributed by atoms with Crippen LogP contribution in [0.25, 0.3) is 22.2 Å². The van der Waals surface area contributed by atoms with Crippen LogP contribution in [0.2, 0.25) is 0 Å². The third kappa shape index (κ3) is 1.89. The first-order valence-corrected chi connectivity index (χ1v) is 9.58. The monoisotopic (exact) mass is 358 g/mol. The largest absolute Gasteiger partial charge is 0.346 e. The highest BCUT2D eigenvalue weighted by atomic mass is 14.9. The van der Waals surface area contributed by atoms with Gasteiger partial charge in [0.25, 0.3) is 0 Å². The van der Waals surface area contributed by atoms with Gasteiger partial charge in [0.15, 0.2) is 0 Å². The Hall–Kier alpha value is -3.65. The molecular weight excluding hydrogens is 340 g/mol. The minimum absolute atomic E-state index is 0.423. The predicted molar refractivity (Wildman–Crippen MR) is 113 cm³/mol. The Morgan fingerprint density at radius 3 is 2.00 bits per heavy atom. The summed E-state index contributed by atoms with van der Waals surface area (Å²) in [6, 6.07) is 34.6. The van der Waals surface area contributed by atoms with Crippen LogP contribution in [-0.4, -0.2) is 9.97 Å². The van der Waals surface area contributed by atoms with Crippen molar-refractivity contribution in [2.75, 3.05) is 0 Å². The number of hydrogen-bond acceptors (Lipinski definition) is 1. The van der Waals surface area contributed by atoms with Crippen LogP contribution in [-0.2, 0) is 5.41 Å². The van der Waals surface area contributed by atoms with Crippen LogP contribution in [0, 0.1) is 0 Å². The van der Waals surface area contributed by atoms with Gasteiger partial charge in [-0.2, -0.15) is 0 Å². The van der Waals surface area contributed by atoms with E-state index in [0.29, 0.717) is 0 Å². The minimum atomic E-state index is -0.423. The van der Waals surface area contributed by atoms with Crippen molar-refractivity contribution in [1.82, 2.24) is 9.97 Å². The summed E-state index contributed by atoms with van der Waals surface area (Å²) < 4.78 is 0. The molecule has 0 amide bonds. The molecule has 0 saturated heterocycles. The fourth-order valence-corrected chi connectivity index (χ4v) is 4.77. The van der Waals surface area contributed by atoms with Crippen molar-refractivity contribution < 1.29 is 0 Å². The van der Waals surface area contributed by atoms with Crippen LogP contribution in [0.5, 0.6) is 0 Å². The number of nitrogens with one attached hydrogen (secondary N) is 1. The summed E-state index contributed by atoms with van der Waals surface area (Å²) in [6.45, 7) is 0. The van der Waals surface area contributed by atoms with Gasteiger partial charge in [0, 0.05) is 17.1 Å². The molecule has 0 fully saturated rings. The molecule has 0 bridgehead atoms. The van der Waals surface area contributed by atoms with Crippen molar-refractivity contribution in [3.8, 4) is 11.1 Å². The van der Waals surface area contributed by atoms with Gasteiger partial charge in [0.05, 0.1) is 11.1 Å². The van der Waals surface area contributed by atoms with Gasteiger partial charge in [-0.05, 0) is 34.4 Å². The average molecular weight is 358 g/mol. The van der Waals surface area contributed by atoms with Crippen LogP contribution in [0.1, 0.15) is 22.4 Å². The molecule has 1 N–H and O–H groups in total. The molecule has 2 heterocycles. The summed E-state index contributed by atoms with van der Waals surface area (Å²) in [5.41, 5.74) is 7.87. The number of pyridine rings is 1. The van der Waals surface area contributed by atoms with Gasteiger partial charge in [-0.3, -0.25) is 0 Å². The quantitative estimate of drug-likeness (QED) is 0.408. The average Bonchev–Trinajstić information content (AvgIpc) is 3.34. The zero-order valence-corrected chi connectivity index (χ0v) is 15.3. The molecule has 5 aromatic rings. The van der Waals surface area contributed by atoms with E-state index in [-0.39, 0.29) is 0 Å². The highest BCUT2D eigenvalue weighted by Gasteiger charge is 2.47. The zero-order valence-electron chi connectivity index (χ0n) is 15.3. The third-order valence-electron chi connectivity index (χ3n) is 5.92. The fraction of sp³-hybridized carbons (Fsp3) is 0.0385. The summed E-state index contributed by atoms with van der Waals surface area (Å²) in [6.07, 6.45) is 1.96. The van der Waals surface area contributed by atoms with Gasteiger partial charge < -0.3 is 4.98 Å². The van der Waals surface area contributed by atoms with E-state index in [1.807, 2.05) is 6.20 Å². The first-order chi connectivity index (χ1) is 13.9. The second-order valence-corrected chi connectivity index (χ2v) is 7.33. The number of nitrogens with zero attached hydrogens (tertiary/aromatic N) is 1. The SMILES string of the molecule is c1ccc(C2(c3ccccc3)c3ccccc3-c3cc4cc[nH]c4nc32)cc1. The lowest BCUT2D eigenvalue weighted by Gasteiger charge is -2.32. The zero-order chi connectivity index (χ0) is 18.6. The summed E-state index contributed by atoms with van der Waals surface area (Å²) in [7, 11) is 0. The maximum atomic E-state index is 5.18. The molecule has 1 aliphatic rings. The van der Waals surface area contributed by atoms with Crippen LogP contribution < -0.4 is 0 Å². The van der Waals surface area contributed by atoms with Crippen molar-refractivity contribution in [3.05, 3.63) is 126 Å². The highest BCUT2D eigenvalue weighted by molar-refractivity contribution is 5.91. The van der Waals surface area contributed by atoms with Gasteiger partial charge in [0.2, 0.25) is 0 Å². The molecule has 0 unspecified atom stereocenters. The molecular formula is C26H18N2. The van der Waals surface area contributed by atoms with Crippen LogP contribution in [0.4, 0.5) is 0 Å². The molecule has 2 heteroatoms. The molecule has 1 aliphatic carbocycles. The molecule has 2 nitrogen and oxygen atoms in total. The topological polar surface area (TPSA) is 28.7 Å². The summed E-state index contributed by atoms with van der Waals surface area (Å²) in [5.74, 6) is 0. The van der Waals surface area contributed by atoms with E-state index < -0.39 is 5.41 Å². The maximum Gasteiger partial charge on any atom is 0.137 e. The molecule has 3 aromatic carbocycles. The van der Waals surface area contributed by atoms with E-state index >= 15 is 0 Å². The lowest BCUT2D eigenvalue weighted by molar-refractivity contribution is 0.741. The first-order valence-electron chi connectivity index (χ1n) is 9.58. The van der Waals surface area contributed by atoms with Crippen LogP contribution in [0.3, 0.4) is 0 Å².